The van der Waals surface area contributed by atoms with Crippen LogP contribution in [0.4, 0.5) is 0 Å². The molecule has 0 aliphatic carbocycles. The van der Waals surface area contributed by atoms with Crippen LogP contribution in [0, 0.1) is 12.8 Å². The first-order valence-corrected chi connectivity index (χ1v) is 5.20. The first-order valence-electron chi connectivity index (χ1n) is 5.20. The van der Waals surface area contributed by atoms with Gasteiger partial charge in [-0.2, -0.15) is 0 Å². The van der Waals surface area contributed by atoms with Gasteiger partial charge in [0.15, 0.2) is 0 Å². The minimum atomic E-state index is -0.158. The van der Waals surface area contributed by atoms with Gasteiger partial charge in [0.05, 0.1) is 13.0 Å². The summed E-state index contributed by atoms with van der Waals surface area (Å²) in [7, 11) is 1.44. The lowest BCUT2D eigenvalue weighted by Crippen LogP contribution is -2.19. The summed E-state index contributed by atoms with van der Waals surface area (Å²) >= 11 is 0. The molecule has 0 bridgehead atoms. The third-order valence-electron chi connectivity index (χ3n) is 2.56. The van der Waals surface area contributed by atoms with Crippen molar-refractivity contribution in [2.24, 2.45) is 5.92 Å². The van der Waals surface area contributed by atoms with Crippen LogP contribution in [0.3, 0.4) is 0 Å². The fourth-order valence-corrected chi connectivity index (χ4v) is 1.69. The monoisotopic (exact) mass is 206 g/mol. The second kappa shape index (κ2) is 4.96. The van der Waals surface area contributed by atoms with Crippen molar-refractivity contribution in [3.63, 3.8) is 0 Å². The van der Waals surface area contributed by atoms with Crippen molar-refractivity contribution in [2.45, 2.75) is 26.7 Å². The molecule has 0 saturated heterocycles. The Kier molecular flexibility index (Phi) is 3.89. The van der Waals surface area contributed by atoms with Crippen molar-refractivity contribution < 1.29 is 9.53 Å². The number of aryl methyl sites for hydroxylation is 1. The summed E-state index contributed by atoms with van der Waals surface area (Å²) in [5, 5.41) is 0. The lowest BCUT2D eigenvalue weighted by atomic mass is 9.88. The maximum absolute atomic E-state index is 11.6. The van der Waals surface area contributed by atoms with Gasteiger partial charge in [0, 0.05) is 0 Å². The average Bonchev–Trinajstić information content (AvgIpc) is 2.20. The molecule has 0 N–H and O–H groups in total. The normalized spacial score (nSPS) is 12.6. The van der Waals surface area contributed by atoms with E-state index in [1.54, 1.807) is 0 Å². The third-order valence-corrected chi connectivity index (χ3v) is 2.56. The van der Waals surface area contributed by atoms with Crippen LogP contribution in [0.1, 0.15) is 30.9 Å². The van der Waals surface area contributed by atoms with E-state index in [-0.39, 0.29) is 17.8 Å². The minimum Gasteiger partial charge on any atom is -0.469 e. The molecule has 0 heterocycles. The van der Waals surface area contributed by atoms with E-state index in [9.17, 15) is 4.79 Å². The Balaban J connectivity index is 2.99. The Morgan fingerprint density at radius 3 is 2.13 bits per heavy atom. The lowest BCUT2D eigenvalue weighted by molar-refractivity contribution is -0.143. The molecule has 1 rings (SSSR count). The molecule has 2 heteroatoms. The second-order valence-corrected chi connectivity index (χ2v) is 4.16. The highest BCUT2D eigenvalue weighted by molar-refractivity contribution is 5.78. The largest absolute Gasteiger partial charge is 0.469 e. The van der Waals surface area contributed by atoms with Crippen LogP contribution in [0.2, 0.25) is 0 Å². The van der Waals surface area contributed by atoms with E-state index in [0.717, 1.165) is 5.56 Å². The Morgan fingerprint density at radius 2 is 1.73 bits per heavy atom. The molecule has 82 valence electrons. The molecule has 1 aromatic carbocycles. The maximum atomic E-state index is 11.6. The number of carbonyl (C=O) groups is 1. The van der Waals surface area contributed by atoms with Crippen LogP contribution < -0.4 is 0 Å². The van der Waals surface area contributed by atoms with Crippen molar-refractivity contribution in [3.8, 4) is 0 Å². The smallest absolute Gasteiger partial charge is 0.313 e. The number of hydrogen-bond acceptors (Lipinski definition) is 2. The summed E-state index contributed by atoms with van der Waals surface area (Å²) < 4.78 is 4.82. The number of benzene rings is 1. The fourth-order valence-electron chi connectivity index (χ4n) is 1.69. The summed E-state index contributed by atoms with van der Waals surface area (Å²) in [5.74, 6) is -0.0652. The van der Waals surface area contributed by atoms with Gasteiger partial charge in [-0.1, -0.05) is 43.7 Å². The molecule has 0 spiro atoms. The first kappa shape index (κ1) is 11.8. The third kappa shape index (κ3) is 2.82. The topological polar surface area (TPSA) is 26.3 Å². The van der Waals surface area contributed by atoms with Crippen LogP contribution in [-0.2, 0) is 9.53 Å². The van der Waals surface area contributed by atoms with E-state index < -0.39 is 0 Å². The van der Waals surface area contributed by atoms with Gasteiger partial charge in [-0.05, 0) is 18.4 Å². The Labute approximate surface area is 91.3 Å². The van der Waals surface area contributed by atoms with Crippen LogP contribution >= 0.6 is 0 Å². The standard InChI is InChI=1S/C13H18O2/c1-9(2)12(13(14)15-4)11-7-5-10(3)6-8-11/h5-9,12H,1-4H3/t12-/m0/s1. The van der Waals surface area contributed by atoms with Gasteiger partial charge in [-0.15, -0.1) is 0 Å². The number of esters is 1. The highest BCUT2D eigenvalue weighted by Crippen LogP contribution is 2.25. The van der Waals surface area contributed by atoms with Crippen LogP contribution in [0.25, 0.3) is 0 Å². The quantitative estimate of drug-likeness (QED) is 0.711. The van der Waals surface area contributed by atoms with Gasteiger partial charge in [0.25, 0.3) is 0 Å². The zero-order chi connectivity index (χ0) is 11.4. The van der Waals surface area contributed by atoms with Crippen LogP contribution in [-0.4, -0.2) is 13.1 Å². The van der Waals surface area contributed by atoms with E-state index in [0.29, 0.717) is 0 Å². The number of hydrogen-bond donors (Lipinski definition) is 0. The molecule has 0 amide bonds. The molecule has 0 aliphatic rings. The van der Waals surface area contributed by atoms with Crippen molar-refractivity contribution >= 4 is 5.97 Å². The molecular weight excluding hydrogens is 188 g/mol. The molecule has 1 aromatic rings. The molecule has 1 atom stereocenters. The molecule has 15 heavy (non-hydrogen) atoms. The van der Waals surface area contributed by atoms with E-state index in [4.69, 9.17) is 4.74 Å². The molecule has 0 saturated carbocycles. The van der Waals surface area contributed by atoms with E-state index in [2.05, 4.69) is 0 Å². The Hall–Kier alpha value is -1.31. The minimum absolute atomic E-state index is 0.157. The van der Waals surface area contributed by atoms with Crippen molar-refractivity contribution in [3.05, 3.63) is 35.4 Å². The highest BCUT2D eigenvalue weighted by Gasteiger charge is 2.24. The number of carbonyl (C=O) groups excluding carboxylic acids is 1. The Morgan fingerprint density at radius 1 is 1.20 bits per heavy atom. The molecule has 0 radical (unpaired) electrons. The van der Waals surface area contributed by atoms with Gasteiger partial charge >= 0.3 is 5.97 Å². The zero-order valence-corrected chi connectivity index (χ0v) is 9.78. The summed E-state index contributed by atoms with van der Waals surface area (Å²) in [6, 6.07) is 8.04. The van der Waals surface area contributed by atoms with E-state index >= 15 is 0 Å². The van der Waals surface area contributed by atoms with Gasteiger partial charge in [0.1, 0.15) is 0 Å². The summed E-state index contributed by atoms with van der Waals surface area (Å²) in [4.78, 5) is 11.6. The fraction of sp³-hybridized carbons (Fsp3) is 0.462. The van der Waals surface area contributed by atoms with E-state index in [1.165, 1.54) is 12.7 Å². The predicted molar refractivity (Wildman–Crippen MR) is 60.8 cm³/mol. The molecule has 0 unspecified atom stereocenters. The summed E-state index contributed by atoms with van der Waals surface area (Å²) in [6.07, 6.45) is 0. The van der Waals surface area contributed by atoms with Crippen LogP contribution in [0.15, 0.2) is 24.3 Å². The Bertz CT molecular complexity index is 325. The summed E-state index contributed by atoms with van der Waals surface area (Å²) in [5.41, 5.74) is 2.23. The lowest BCUT2D eigenvalue weighted by Gasteiger charge is -2.18. The molecule has 0 aliphatic heterocycles. The number of methoxy groups -OCH3 is 1. The van der Waals surface area contributed by atoms with Gasteiger partial charge in [0.2, 0.25) is 0 Å². The van der Waals surface area contributed by atoms with Crippen molar-refractivity contribution in [2.75, 3.05) is 7.11 Å². The van der Waals surface area contributed by atoms with Crippen molar-refractivity contribution in [1.29, 1.82) is 0 Å². The summed E-state index contributed by atoms with van der Waals surface area (Å²) in [6.45, 7) is 6.09. The van der Waals surface area contributed by atoms with Crippen LogP contribution in [0.5, 0.6) is 0 Å². The highest BCUT2D eigenvalue weighted by atomic mass is 16.5. The molecule has 2 nitrogen and oxygen atoms in total. The van der Waals surface area contributed by atoms with Gasteiger partial charge in [-0.25, -0.2) is 0 Å². The first-order chi connectivity index (χ1) is 7.06. The number of ether oxygens (including phenoxy) is 1. The molecular formula is C13H18O2. The van der Waals surface area contributed by atoms with Crippen molar-refractivity contribution in [1.82, 2.24) is 0 Å². The van der Waals surface area contributed by atoms with E-state index in [1.807, 2.05) is 45.0 Å². The SMILES string of the molecule is COC(=O)[C@H](c1ccc(C)cc1)C(C)C. The van der Waals surface area contributed by atoms with Gasteiger partial charge in [-0.3, -0.25) is 4.79 Å². The molecule has 0 fully saturated rings. The zero-order valence-electron chi connectivity index (χ0n) is 9.78. The predicted octanol–water partition coefficient (Wildman–Crippen LogP) is 2.91. The second-order valence-electron chi connectivity index (χ2n) is 4.16. The number of rotatable bonds is 3. The van der Waals surface area contributed by atoms with Gasteiger partial charge < -0.3 is 4.74 Å². The molecule has 0 aromatic heterocycles. The average molecular weight is 206 g/mol. The maximum Gasteiger partial charge on any atom is 0.313 e.